The fraction of sp³-hybridized carbons (Fsp3) is 0.800. The van der Waals surface area contributed by atoms with Crippen molar-refractivity contribution in [2.75, 3.05) is 0 Å². The molecule has 0 spiro atoms. The largest absolute Gasteiger partial charge is 0.461 e. The van der Waals surface area contributed by atoms with Gasteiger partial charge in [0.2, 0.25) is 5.82 Å². The molecule has 0 aliphatic heterocycles. The number of aryl methyl sites for hydroxylation is 1. The van der Waals surface area contributed by atoms with E-state index in [4.69, 9.17) is 0 Å². The summed E-state index contributed by atoms with van der Waals surface area (Å²) in [5.41, 5.74) is 0. The molecule has 1 rings (SSSR count). The van der Waals surface area contributed by atoms with Crippen LogP contribution in [0.25, 0.3) is 0 Å². The second-order valence-corrected chi connectivity index (χ2v) is 2.39. The van der Waals surface area contributed by atoms with E-state index in [2.05, 4.69) is 15.5 Å². The average molecular weight is 216 g/mol. The Morgan fingerprint density at radius 3 is 2.21 bits per heavy atom. The van der Waals surface area contributed by atoms with Gasteiger partial charge in [-0.05, 0) is 17.4 Å². The maximum absolute atomic E-state index is 12.7. The van der Waals surface area contributed by atoms with E-state index < -0.39 is 17.9 Å². The third-order valence-corrected chi connectivity index (χ3v) is 1.47. The van der Waals surface area contributed by atoms with Crippen LogP contribution in [0.15, 0.2) is 0 Å². The number of halogens is 5. The lowest BCUT2D eigenvalue weighted by molar-refractivity contribution is -0.293. The van der Waals surface area contributed by atoms with Crippen molar-refractivity contribution in [2.24, 2.45) is 0 Å². The fourth-order valence-corrected chi connectivity index (χ4v) is 0.769. The standard InChI is InChI=1S/C5H5F5N4/c1-2-14-3(11-12-13-14)4(6,7)5(8,9)10/h2H2,1H3. The van der Waals surface area contributed by atoms with Gasteiger partial charge in [0.05, 0.1) is 0 Å². The summed E-state index contributed by atoms with van der Waals surface area (Å²) in [5.74, 6) is -6.51. The monoisotopic (exact) mass is 216 g/mol. The molecule has 9 heteroatoms. The molecule has 0 aliphatic rings. The van der Waals surface area contributed by atoms with Crippen molar-refractivity contribution < 1.29 is 22.0 Å². The Hall–Kier alpha value is -1.28. The van der Waals surface area contributed by atoms with E-state index in [0.29, 0.717) is 4.68 Å². The molecule has 0 saturated carbocycles. The quantitative estimate of drug-likeness (QED) is 0.701. The first kappa shape index (κ1) is 10.8. The number of aromatic nitrogens is 4. The van der Waals surface area contributed by atoms with Gasteiger partial charge in [0.25, 0.3) is 0 Å². The molecule has 1 aromatic rings. The van der Waals surface area contributed by atoms with Crippen molar-refractivity contribution in [2.45, 2.75) is 25.6 Å². The molecule has 80 valence electrons. The summed E-state index contributed by atoms with van der Waals surface area (Å²) in [6.07, 6.45) is -5.69. The summed E-state index contributed by atoms with van der Waals surface area (Å²) >= 11 is 0. The molecule has 0 saturated heterocycles. The van der Waals surface area contributed by atoms with Crippen LogP contribution in [0.2, 0.25) is 0 Å². The van der Waals surface area contributed by atoms with Gasteiger partial charge in [-0.15, -0.1) is 5.10 Å². The maximum Gasteiger partial charge on any atom is 0.461 e. The molecule has 0 N–H and O–H groups in total. The minimum absolute atomic E-state index is 0.159. The highest BCUT2D eigenvalue weighted by Crippen LogP contribution is 2.42. The van der Waals surface area contributed by atoms with Gasteiger partial charge in [-0.2, -0.15) is 22.0 Å². The van der Waals surface area contributed by atoms with Gasteiger partial charge in [0.15, 0.2) is 0 Å². The van der Waals surface area contributed by atoms with E-state index in [1.54, 1.807) is 0 Å². The lowest BCUT2D eigenvalue weighted by atomic mass is 10.3. The summed E-state index contributed by atoms with van der Waals surface area (Å²) in [5, 5.41) is 8.40. The predicted octanol–water partition coefficient (Wildman–Crippen LogP) is 1.35. The first-order chi connectivity index (χ1) is 6.30. The molecule has 0 bridgehead atoms. The molecular weight excluding hydrogens is 211 g/mol. The third kappa shape index (κ3) is 1.53. The molecule has 1 heterocycles. The van der Waals surface area contributed by atoms with Crippen molar-refractivity contribution >= 4 is 0 Å². The van der Waals surface area contributed by atoms with Crippen LogP contribution in [0.5, 0.6) is 0 Å². The SMILES string of the molecule is CCn1nnnc1C(F)(F)C(F)(F)F. The van der Waals surface area contributed by atoms with Gasteiger partial charge in [-0.1, -0.05) is 0 Å². The first-order valence-corrected chi connectivity index (χ1v) is 3.52. The molecule has 0 fully saturated rings. The molecule has 0 aliphatic carbocycles. The van der Waals surface area contributed by atoms with Crippen molar-refractivity contribution in [3.8, 4) is 0 Å². The molecule has 0 atom stereocenters. The van der Waals surface area contributed by atoms with Crippen LogP contribution < -0.4 is 0 Å². The Balaban J connectivity index is 3.16. The molecule has 0 aromatic carbocycles. The number of rotatable bonds is 2. The predicted molar refractivity (Wildman–Crippen MR) is 33.4 cm³/mol. The van der Waals surface area contributed by atoms with Gasteiger partial charge in [-0.25, -0.2) is 4.68 Å². The average Bonchev–Trinajstić information content (AvgIpc) is 2.49. The van der Waals surface area contributed by atoms with Gasteiger partial charge in [-0.3, -0.25) is 0 Å². The van der Waals surface area contributed by atoms with E-state index in [1.165, 1.54) is 6.92 Å². The summed E-state index contributed by atoms with van der Waals surface area (Å²) in [6, 6.07) is 0. The minimum atomic E-state index is -5.69. The van der Waals surface area contributed by atoms with Crippen LogP contribution in [0.3, 0.4) is 0 Å². The number of hydrogen-bond acceptors (Lipinski definition) is 3. The van der Waals surface area contributed by atoms with Crippen molar-refractivity contribution in [1.82, 2.24) is 20.2 Å². The minimum Gasteiger partial charge on any atom is -0.224 e. The van der Waals surface area contributed by atoms with E-state index in [0.717, 1.165) is 0 Å². The number of tetrazole rings is 1. The maximum atomic E-state index is 12.7. The highest BCUT2D eigenvalue weighted by atomic mass is 19.4. The fourth-order valence-electron chi connectivity index (χ4n) is 0.769. The second-order valence-electron chi connectivity index (χ2n) is 2.39. The summed E-state index contributed by atoms with van der Waals surface area (Å²) in [7, 11) is 0. The smallest absolute Gasteiger partial charge is 0.224 e. The van der Waals surface area contributed by atoms with Gasteiger partial charge >= 0.3 is 12.1 Å². The lowest BCUT2D eigenvalue weighted by Gasteiger charge is -2.17. The lowest BCUT2D eigenvalue weighted by Crippen LogP contribution is -2.36. The zero-order valence-corrected chi connectivity index (χ0v) is 6.89. The van der Waals surface area contributed by atoms with Gasteiger partial charge < -0.3 is 0 Å². The van der Waals surface area contributed by atoms with E-state index in [9.17, 15) is 22.0 Å². The van der Waals surface area contributed by atoms with Crippen molar-refractivity contribution in [3.63, 3.8) is 0 Å². The topological polar surface area (TPSA) is 43.6 Å². The van der Waals surface area contributed by atoms with Crippen molar-refractivity contribution in [3.05, 3.63) is 5.82 Å². The highest BCUT2D eigenvalue weighted by Gasteiger charge is 2.62. The molecule has 1 aromatic heterocycles. The highest BCUT2D eigenvalue weighted by molar-refractivity contribution is 4.97. The van der Waals surface area contributed by atoms with Crippen LogP contribution in [0.1, 0.15) is 12.7 Å². The summed E-state index contributed by atoms with van der Waals surface area (Å²) in [6.45, 7) is 1.19. The van der Waals surface area contributed by atoms with Gasteiger partial charge in [0.1, 0.15) is 0 Å². The number of hydrogen-bond donors (Lipinski definition) is 0. The Bertz CT molecular complexity index is 316. The first-order valence-electron chi connectivity index (χ1n) is 3.52. The van der Waals surface area contributed by atoms with E-state index in [1.807, 2.05) is 0 Å². The molecule has 0 amide bonds. The zero-order chi connectivity index (χ0) is 11.0. The van der Waals surface area contributed by atoms with Crippen LogP contribution in [-0.2, 0) is 12.5 Å². The Kier molecular flexibility index (Phi) is 2.42. The van der Waals surface area contributed by atoms with Gasteiger partial charge in [0, 0.05) is 6.54 Å². The van der Waals surface area contributed by atoms with Crippen molar-refractivity contribution in [1.29, 1.82) is 0 Å². The van der Waals surface area contributed by atoms with Crippen LogP contribution in [-0.4, -0.2) is 26.4 Å². The normalized spacial score (nSPS) is 13.3. The summed E-state index contributed by atoms with van der Waals surface area (Å²) in [4.78, 5) is 0. The van der Waals surface area contributed by atoms with Crippen LogP contribution >= 0.6 is 0 Å². The molecule has 4 nitrogen and oxygen atoms in total. The molecule has 0 unspecified atom stereocenters. The van der Waals surface area contributed by atoms with E-state index in [-0.39, 0.29) is 6.54 Å². The molecular formula is C5H5F5N4. The van der Waals surface area contributed by atoms with E-state index >= 15 is 0 Å². The Morgan fingerprint density at radius 1 is 1.21 bits per heavy atom. The van der Waals surface area contributed by atoms with Crippen LogP contribution in [0, 0.1) is 0 Å². The second kappa shape index (κ2) is 3.14. The van der Waals surface area contributed by atoms with Crippen LogP contribution in [0.4, 0.5) is 22.0 Å². The molecule has 14 heavy (non-hydrogen) atoms. The third-order valence-electron chi connectivity index (χ3n) is 1.47. The molecule has 0 radical (unpaired) electrons. The Morgan fingerprint density at radius 2 is 1.79 bits per heavy atom. The Labute approximate surface area is 74.7 Å². The summed E-state index contributed by atoms with van der Waals surface area (Å²) < 4.78 is 61.3. The number of nitrogens with zero attached hydrogens (tertiary/aromatic N) is 4. The zero-order valence-electron chi connectivity index (χ0n) is 6.89. The number of alkyl halides is 5.